The molecule has 0 radical (unpaired) electrons. The molecule has 3 aromatic rings. The minimum Gasteiger partial charge on any atom is -0.472 e. The van der Waals surface area contributed by atoms with Gasteiger partial charge in [-0.05, 0) is 48.2 Å². The van der Waals surface area contributed by atoms with Gasteiger partial charge in [0.2, 0.25) is 0 Å². The lowest BCUT2D eigenvalue weighted by Gasteiger charge is -2.10. The Morgan fingerprint density at radius 2 is 1.69 bits per heavy atom. The average Bonchev–Trinajstić information content (AvgIpc) is 3.18. The summed E-state index contributed by atoms with van der Waals surface area (Å²) in [5, 5.41) is 5.29. The smallest absolute Gasteiger partial charge is 0.313 e. The van der Waals surface area contributed by atoms with E-state index < -0.39 is 11.8 Å². The lowest BCUT2D eigenvalue weighted by atomic mass is 10.1. The number of carbonyl (C=O) groups is 2. The number of carbonyl (C=O) groups excluding carboxylic acids is 2. The molecule has 2 aromatic carbocycles. The highest BCUT2D eigenvalue weighted by molar-refractivity contribution is 6.39. The van der Waals surface area contributed by atoms with Crippen LogP contribution < -0.4 is 10.6 Å². The molecule has 2 N–H and O–H groups in total. The Hall–Kier alpha value is -3.34. The summed E-state index contributed by atoms with van der Waals surface area (Å²) in [4.78, 5) is 24.1. The topological polar surface area (TPSA) is 71.3 Å². The SMILES string of the molecule is Cc1cccc(NC(=O)C(=O)NCc2ccc(-c3ccoc3)cc2)c1C. The number of nitrogens with one attached hydrogen (secondary N) is 2. The molecule has 0 unspecified atom stereocenters. The second-order valence-corrected chi connectivity index (χ2v) is 6.09. The van der Waals surface area contributed by atoms with Gasteiger partial charge in [-0.3, -0.25) is 9.59 Å². The van der Waals surface area contributed by atoms with Crippen LogP contribution >= 0.6 is 0 Å². The predicted molar refractivity (Wildman–Crippen MR) is 101 cm³/mol. The van der Waals surface area contributed by atoms with Crippen molar-refractivity contribution in [1.82, 2.24) is 5.32 Å². The van der Waals surface area contributed by atoms with Crippen LogP contribution in [0, 0.1) is 13.8 Å². The maximum absolute atomic E-state index is 12.1. The van der Waals surface area contributed by atoms with E-state index in [2.05, 4.69) is 10.6 Å². The van der Waals surface area contributed by atoms with Crippen LogP contribution in [0.2, 0.25) is 0 Å². The molecule has 0 aliphatic rings. The number of anilines is 1. The predicted octanol–water partition coefficient (Wildman–Crippen LogP) is 3.82. The highest BCUT2D eigenvalue weighted by Crippen LogP contribution is 2.20. The Balaban J connectivity index is 1.56. The Morgan fingerprint density at radius 1 is 0.923 bits per heavy atom. The first-order valence-corrected chi connectivity index (χ1v) is 8.31. The van der Waals surface area contributed by atoms with Gasteiger partial charge in [0.1, 0.15) is 0 Å². The van der Waals surface area contributed by atoms with Crippen molar-refractivity contribution >= 4 is 17.5 Å². The van der Waals surface area contributed by atoms with Crippen molar-refractivity contribution in [1.29, 1.82) is 0 Å². The number of benzene rings is 2. The first kappa shape index (κ1) is 17.5. The molecule has 1 aromatic heterocycles. The van der Waals surface area contributed by atoms with Crippen LogP contribution in [-0.2, 0) is 16.1 Å². The summed E-state index contributed by atoms with van der Waals surface area (Å²) in [5.41, 5.74) is 5.58. The largest absolute Gasteiger partial charge is 0.472 e. The Labute approximate surface area is 152 Å². The van der Waals surface area contributed by atoms with Crippen LogP contribution in [0.25, 0.3) is 11.1 Å². The first-order valence-electron chi connectivity index (χ1n) is 8.31. The summed E-state index contributed by atoms with van der Waals surface area (Å²) in [7, 11) is 0. The molecule has 5 heteroatoms. The lowest BCUT2D eigenvalue weighted by molar-refractivity contribution is -0.136. The van der Waals surface area contributed by atoms with Gasteiger partial charge in [-0.15, -0.1) is 0 Å². The standard InChI is InChI=1S/C21H20N2O3/c1-14-4-3-5-19(15(14)2)23-21(25)20(24)22-12-16-6-8-17(9-7-16)18-10-11-26-13-18/h3-11,13H,12H2,1-2H3,(H,22,24)(H,23,25). The maximum Gasteiger partial charge on any atom is 0.313 e. The van der Waals surface area contributed by atoms with Crippen LogP contribution in [0.4, 0.5) is 5.69 Å². The highest BCUT2D eigenvalue weighted by atomic mass is 16.3. The van der Waals surface area contributed by atoms with Gasteiger partial charge in [0.25, 0.3) is 0 Å². The van der Waals surface area contributed by atoms with E-state index in [1.165, 1.54) is 0 Å². The van der Waals surface area contributed by atoms with E-state index in [1.54, 1.807) is 18.6 Å². The average molecular weight is 348 g/mol. The van der Waals surface area contributed by atoms with Crippen molar-refractivity contribution in [3.8, 4) is 11.1 Å². The van der Waals surface area contributed by atoms with Gasteiger partial charge in [0, 0.05) is 17.8 Å². The van der Waals surface area contributed by atoms with Crippen molar-refractivity contribution in [2.75, 3.05) is 5.32 Å². The molecule has 26 heavy (non-hydrogen) atoms. The molecule has 5 nitrogen and oxygen atoms in total. The van der Waals surface area contributed by atoms with Crippen LogP contribution in [0.1, 0.15) is 16.7 Å². The van der Waals surface area contributed by atoms with Gasteiger partial charge in [0.15, 0.2) is 0 Å². The molecule has 0 aliphatic carbocycles. The van der Waals surface area contributed by atoms with Crippen LogP contribution in [-0.4, -0.2) is 11.8 Å². The molecule has 2 amide bonds. The van der Waals surface area contributed by atoms with Gasteiger partial charge in [-0.25, -0.2) is 0 Å². The summed E-state index contributed by atoms with van der Waals surface area (Å²) in [6, 6.07) is 15.2. The van der Waals surface area contributed by atoms with E-state index >= 15 is 0 Å². The van der Waals surface area contributed by atoms with Crippen molar-refractivity contribution in [2.24, 2.45) is 0 Å². The molecule has 0 spiro atoms. The fraction of sp³-hybridized carbons (Fsp3) is 0.143. The zero-order valence-corrected chi connectivity index (χ0v) is 14.7. The van der Waals surface area contributed by atoms with Crippen molar-refractivity contribution in [3.63, 3.8) is 0 Å². The van der Waals surface area contributed by atoms with Gasteiger partial charge < -0.3 is 15.1 Å². The minimum absolute atomic E-state index is 0.282. The van der Waals surface area contributed by atoms with Crippen molar-refractivity contribution in [2.45, 2.75) is 20.4 Å². The number of amides is 2. The summed E-state index contributed by atoms with van der Waals surface area (Å²) < 4.78 is 5.07. The van der Waals surface area contributed by atoms with Crippen molar-refractivity contribution in [3.05, 3.63) is 77.7 Å². The Kier molecular flexibility index (Phi) is 5.17. The normalized spacial score (nSPS) is 10.4. The van der Waals surface area contributed by atoms with Crippen LogP contribution in [0.15, 0.2) is 65.5 Å². The molecular weight excluding hydrogens is 328 g/mol. The zero-order chi connectivity index (χ0) is 18.5. The molecule has 132 valence electrons. The summed E-state index contributed by atoms with van der Waals surface area (Å²) in [6.07, 6.45) is 3.30. The summed E-state index contributed by atoms with van der Waals surface area (Å²) >= 11 is 0. The van der Waals surface area contributed by atoms with E-state index in [1.807, 2.05) is 56.3 Å². The van der Waals surface area contributed by atoms with Gasteiger partial charge in [-0.2, -0.15) is 0 Å². The fourth-order valence-corrected chi connectivity index (χ4v) is 2.57. The minimum atomic E-state index is -0.672. The quantitative estimate of drug-likeness (QED) is 0.704. The van der Waals surface area contributed by atoms with Crippen molar-refractivity contribution < 1.29 is 14.0 Å². The monoisotopic (exact) mass is 348 g/mol. The lowest BCUT2D eigenvalue weighted by Crippen LogP contribution is -2.35. The number of aryl methyl sites for hydroxylation is 1. The maximum atomic E-state index is 12.1. The molecule has 0 saturated carbocycles. The molecule has 0 saturated heterocycles. The van der Waals surface area contributed by atoms with Gasteiger partial charge in [0.05, 0.1) is 12.5 Å². The van der Waals surface area contributed by atoms with Crippen LogP contribution in [0.5, 0.6) is 0 Å². The second-order valence-electron chi connectivity index (χ2n) is 6.09. The van der Waals surface area contributed by atoms with E-state index in [9.17, 15) is 9.59 Å². The fourth-order valence-electron chi connectivity index (χ4n) is 2.57. The molecule has 0 atom stereocenters. The number of hydrogen-bond donors (Lipinski definition) is 2. The molecule has 0 aliphatic heterocycles. The Bertz CT molecular complexity index is 913. The van der Waals surface area contributed by atoms with Crippen LogP contribution in [0.3, 0.4) is 0 Å². The van der Waals surface area contributed by atoms with Gasteiger partial charge >= 0.3 is 11.8 Å². The van der Waals surface area contributed by atoms with E-state index in [4.69, 9.17) is 4.42 Å². The van der Waals surface area contributed by atoms with E-state index in [-0.39, 0.29) is 6.54 Å². The molecule has 3 rings (SSSR count). The molecule has 1 heterocycles. The number of hydrogen-bond acceptors (Lipinski definition) is 3. The molecular formula is C21H20N2O3. The third-order valence-electron chi connectivity index (χ3n) is 4.32. The second kappa shape index (κ2) is 7.70. The van der Waals surface area contributed by atoms with Gasteiger partial charge in [-0.1, -0.05) is 36.4 Å². The number of furan rings is 1. The summed E-state index contributed by atoms with van der Waals surface area (Å²) in [5.74, 6) is -1.33. The number of rotatable bonds is 4. The zero-order valence-electron chi connectivity index (χ0n) is 14.7. The van der Waals surface area contributed by atoms with E-state index in [0.717, 1.165) is 27.8 Å². The highest BCUT2D eigenvalue weighted by Gasteiger charge is 2.14. The summed E-state index contributed by atoms with van der Waals surface area (Å²) in [6.45, 7) is 4.15. The molecule has 0 fully saturated rings. The third kappa shape index (κ3) is 4.00. The third-order valence-corrected chi connectivity index (χ3v) is 4.32. The Morgan fingerprint density at radius 3 is 2.38 bits per heavy atom. The molecule has 0 bridgehead atoms. The first-order chi connectivity index (χ1) is 12.5. The van der Waals surface area contributed by atoms with E-state index in [0.29, 0.717) is 5.69 Å².